The Balaban J connectivity index is 2.17. The van der Waals surface area contributed by atoms with Crippen molar-refractivity contribution in [3.8, 4) is 17.3 Å². The Kier molecular flexibility index (Phi) is 4.38. The summed E-state index contributed by atoms with van der Waals surface area (Å²) in [5.74, 6) is -0.433. The molecular weight excluding hydrogens is 340 g/mol. The van der Waals surface area contributed by atoms with E-state index in [2.05, 4.69) is 4.74 Å². The van der Waals surface area contributed by atoms with Gasteiger partial charge in [-0.2, -0.15) is 0 Å². The molecule has 0 spiro atoms. The molecule has 0 fully saturated rings. The van der Waals surface area contributed by atoms with Crippen LogP contribution in [0.25, 0.3) is 22.5 Å². The van der Waals surface area contributed by atoms with Gasteiger partial charge in [-0.3, -0.25) is 4.79 Å². The zero-order valence-electron chi connectivity index (χ0n) is 14.7. The first kappa shape index (κ1) is 17.5. The maximum atomic E-state index is 12.1. The van der Waals surface area contributed by atoms with Gasteiger partial charge in [-0.15, -0.1) is 0 Å². The normalized spacial score (nSPS) is 10.8. The average Bonchev–Trinajstić information content (AvgIpc) is 3.03. The van der Waals surface area contributed by atoms with Crippen LogP contribution in [0.1, 0.15) is 28.4 Å². The van der Waals surface area contributed by atoms with E-state index in [4.69, 9.17) is 13.6 Å². The largest absolute Gasteiger partial charge is 0.465 e. The van der Waals surface area contributed by atoms with Gasteiger partial charge >= 0.3 is 17.6 Å². The third-order valence-electron chi connectivity index (χ3n) is 3.93. The summed E-state index contributed by atoms with van der Waals surface area (Å²) < 4.78 is 20.9. The van der Waals surface area contributed by atoms with Gasteiger partial charge in [0.1, 0.15) is 11.3 Å². The summed E-state index contributed by atoms with van der Waals surface area (Å²) in [6.45, 7) is 4.43. The predicted octanol–water partition coefficient (Wildman–Crippen LogP) is 3.38. The highest BCUT2D eigenvalue weighted by atomic mass is 16.5. The lowest BCUT2D eigenvalue weighted by atomic mass is 10.1. The topological polar surface area (TPSA) is 96.0 Å². The minimum Gasteiger partial charge on any atom is -0.465 e. The maximum Gasteiger partial charge on any atom is 0.343 e. The Labute approximate surface area is 148 Å². The highest BCUT2D eigenvalue weighted by molar-refractivity contribution is 5.94. The van der Waals surface area contributed by atoms with Crippen molar-refractivity contribution >= 4 is 22.9 Å². The van der Waals surface area contributed by atoms with Crippen molar-refractivity contribution in [3.05, 3.63) is 51.4 Å². The van der Waals surface area contributed by atoms with Gasteiger partial charge < -0.3 is 18.3 Å². The number of benzene rings is 1. The summed E-state index contributed by atoms with van der Waals surface area (Å²) in [7, 11) is 1.29. The van der Waals surface area contributed by atoms with E-state index in [-0.39, 0.29) is 22.8 Å². The van der Waals surface area contributed by atoms with E-state index in [1.165, 1.54) is 21.0 Å². The molecule has 134 valence electrons. The van der Waals surface area contributed by atoms with Crippen LogP contribution in [0.5, 0.6) is 5.75 Å². The van der Waals surface area contributed by atoms with Crippen LogP contribution in [-0.4, -0.2) is 19.0 Å². The first-order valence-corrected chi connectivity index (χ1v) is 7.76. The van der Waals surface area contributed by atoms with Crippen LogP contribution in [0.4, 0.5) is 0 Å². The number of rotatable bonds is 3. The second-order valence-electron chi connectivity index (χ2n) is 5.75. The third kappa shape index (κ3) is 2.99. The molecule has 0 N–H and O–H groups in total. The maximum absolute atomic E-state index is 12.1. The molecule has 0 aliphatic heterocycles. The molecule has 7 heteroatoms. The van der Waals surface area contributed by atoms with Crippen molar-refractivity contribution in [2.75, 3.05) is 7.11 Å². The molecule has 0 saturated carbocycles. The van der Waals surface area contributed by atoms with Crippen LogP contribution in [-0.2, 0) is 9.53 Å². The summed E-state index contributed by atoms with van der Waals surface area (Å²) in [5.41, 5.74) is 0.802. The number of carbonyl (C=O) groups is 2. The number of fused-ring (bicyclic) bond motifs is 1. The zero-order chi connectivity index (χ0) is 19.0. The number of methoxy groups -OCH3 is 1. The van der Waals surface area contributed by atoms with Crippen LogP contribution in [0.2, 0.25) is 0 Å². The Morgan fingerprint density at radius 1 is 1.04 bits per heavy atom. The number of ether oxygens (including phenoxy) is 2. The second kappa shape index (κ2) is 6.51. The SMILES string of the molecule is COC(=O)c1ccc2cc(-c3oc(=O)c(C)c(OC(C)=O)c3C)oc2c1. The van der Waals surface area contributed by atoms with Crippen LogP contribution >= 0.6 is 0 Å². The highest BCUT2D eigenvalue weighted by Gasteiger charge is 2.21. The van der Waals surface area contributed by atoms with Crippen molar-refractivity contribution in [1.82, 2.24) is 0 Å². The molecule has 7 nitrogen and oxygen atoms in total. The summed E-state index contributed by atoms with van der Waals surface area (Å²) in [4.78, 5) is 35.1. The molecule has 0 atom stereocenters. The van der Waals surface area contributed by atoms with E-state index >= 15 is 0 Å². The summed E-state index contributed by atoms with van der Waals surface area (Å²) in [6, 6.07) is 6.52. The van der Waals surface area contributed by atoms with Crippen molar-refractivity contribution in [3.63, 3.8) is 0 Å². The molecular formula is C19H16O7. The van der Waals surface area contributed by atoms with Gasteiger partial charge in [0.2, 0.25) is 0 Å². The quantitative estimate of drug-likeness (QED) is 0.664. The minimum absolute atomic E-state index is 0.152. The molecule has 3 aromatic rings. The molecule has 0 amide bonds. The third-order valence-corrected chi connectivity index (χ3v) is 3.93. The molecule has 1 aromatic carbocycles. The van der Waals surface area contributed by atoms with Gasteiger partial charge in [0.05, 0.1) is 18.2 Å². The van der Waals surface area contributed by atoms with Gasteiger partial charge in [0.15, 0.2) is 11.5 Å². The van der Waals surface area contributed by atoms with E-state index in [0.717, 1.165) is 0 Å². The highest BCUT2D eigenvalue weighted by Crippen LogP contribution is 2.34. The van der Waals surface area contributed by atoms with Gasteiger partial charge in [-0.1, -0.05) is 6.07 Å². The number of esters is 2. The molecule has 26 heavy (non-hydrogen) atoms. The van der Waals surface area contributed by atoms with E-state index < -0.39 is 17.6 Å². The van der Waals surface area contributed by atoms with Crippen LogP contribution in [0.15, 0.2) is 37.9 Å². The monoisotopic (exact) mass is 356 g/mol. The van der Waals surface area contributed by atoms with Crippen molar-refractivity contribution in [2.24, 2.45) is 0 Å². The molecule has 2 aromatic heterocycles. The van der Waals surface area contributed by atoms with E-state index in [1.807, 2.05) is 0 Å². The lowest BCUT2D eigenvalue weighted by Crippen LogP contribution is -2.12. The summed E-state index contributed by atoms with van der Waals surface area (Å²) in [5, 5.41) is 0.712. The standard InChI is InChI=1S/C19H16O7/c1-9-16(24-11(3)20)10(2)18(21)26-17(9)15-7-12-5-6-13(19(22)23-4)8-14(12)25-15/h5-8H,1-4H3. The number of furan rings is 1. The Morgan fingerprint density at radius 3 is 2.42 bits per heavy atom. The summed E-state index contributed by atoms with van der Waals surface area (Å²) >= 11 is 0. The van der Waals surface area contributed by atoms with Crippen molar-refractivity contribution in [1.29, 1.82) is 0 Å². The average molecular weight is 356 g/mol. The van der Waals surface area contributed by atoms with Gasteiger partial charge in [-0.25, -0.2) is 9.59 Å². The Bertz CT molecular complexity index is 1090. The molecule has 0 bridgehead atoms. The van der Waals surface area contributed by atoms with Crippen molar-refractivity contribution < 1.29 is 27.9 Å². The van der Waals surface area contributed by atoms with Crippen LogP contribution in [0.3, 0.4) is 0 Å². The molecule has 2 heterocycles. The minimum atomic E-state index is -0.627. The Morgan fingerprint density at radius 2 is 1.77 bits per heavy atom. The number of hydrogen-bond donors (Lipinski definition) is 0. The fraction of sp³-hybridized carbons (Fsp3) is 0.211. The molecule has 0 saturated heterocycles. The Hall–Kier alpha value is -3.35. The molecule has 0 aliphatic carbocycles. The molecule has 0 unspecified atom stereocenters. The van der Waals surface area contributed by atoms with Crippen LogP contribution in [0, 0.1) is 13.8 Å². The second-order valence-corrected chi connectivity index (χ2v) is 5.75. The molecule has 0 aliphatic rings. The van der Waals surface area contributed by atoms with E-state index in [1.54, 1.807) is 31.2 Å². The van der Waals surface area contributed by atoms with Gasteiger partial charge in [0, 0.05) is 17.9 Å². The number of carbonyl (C=O) groups excluding carboxylic acids is 2. The molecule has 3 rings (SSSR count). The zero-order valence-corrected chi connectivity index (χ0v) is 14.7. The smallest absolute Gasteiger partial charge is 0.343 e. The number of hydrogen-bond acceptors (Lipinski definition) is 7. The van der Waals surface area contributed by atoms with Gasteiger partial charge in [-0.05, 0) is 32.0 Å². The fourth-order valence-electron chi connectivity index (χ4n) is 2.64. The first-order chi connectivity index (χ1) is 12.3. The van der Waals surface area contributed by atoms with Crippen LogP contribution < -0.4 is 10.4 Å². The van der Waals surface area contributed by atoms with Gasteiger partial charge in [0.25, 0.3) is 0 Å². The summed E-state index contributed by atoms with van der Waals surface area (Å²) in [6.07, 6.45) is 0. The van der Waals surface area contributed by atoms with E-state index in [0.29, 0.717) is 22.1 Å². The van der Waals surface area contributed by atoms with Crippen molar-refractivity contribution in [2.45, 2.75) is 20.8 Å². The molecule has 0 radical (unpaired) electrons. The lowest BCUT2D eigenvalue weighted by Gasteiger charge is -2.10. The van der Waals surface area contributed by atoms with E-state index in [9.17, 15) is 14.4 Å². The lowest BCUT2D eigenvalue weighted by molar-refractivity contribution is -0.132. The first-order valence-electron chi connectivity index (χ1n) is 7.76. The predicted molar refractivity (Wildman–Crippen MR) is 92.3 cm³/mol. The fourth-order valence-corrected chi connectivity index (χ4v) is 2.64.